The van der Waals surface area contributed by atoms with Crippen LogP contribution in [0.25, 0.3) is 11.2 Å². The summed E-state index contributed by atoms with van der Waals surface area (Å²) in [5.41, 5.74) is 2.76. The molecule has 154 valence electrons. The molecule has 1 aromatic carbocycles. The molecule has 0 atom stereocenters. The fraction of sp³-hybridized carbons (Fsp3) is 0.409. The lowest BCUT2D eigenvalue weighted by Crippen LogP contribution is -2.26. The van der Waals surface area contributed by atoms with Gasteiger partial charge in [-0.15, -0.1) is 0 Å². The summed E-state index contributed by atoms with van der Waals surface area (Å²) in [4.78, 5) is 21.5. The number of aryl methyl sites for hydroxylation is 2. The van der Waals surface area contributed by atoms with Crippen LogP contribution in [0.3, 0.4) is 0 Å². The van der Waals surface area contributed by atoms with Crippen LogP contribution in [0.2, 0.25) is 0 Å². The van der Waals surface area contributed by atoms with Gasteiger partial charge in [-0.05, 0) is 48.7 Å². The normalized spacial score (nSPS) is 10.9. The van der Waals surface area contributed by atoms with Gasteiger partial charge in [0.2, 0.25) is 5.91 Å². The van der Waals surface area contributed by atoms with Crippen LogP contribution in [-0.2, 0) is 24.2 Å². The minimum Gasteiger partial charge on any atom is -0.497 e. The maximum Gasteiger partial charge on any atom is 0.220 e. The van der Waals surface area contributed by atoms with Gasteiger partial charge < -0.3 is 19.4 Å². The second-order valence-corrected chi connectivity index (χ2v) is 6.80. The molecule has 0 fully saturated rings. The Labute approximate surface area is 171 Å². The summed E-state index contributed by atoms with van der Waals surface area (Å²) in [6.07, 6.45) is 4.42. The van der Waals surface area contributed by atoms with Crippen molar-refractivity contribution in [2.75, 3.05) is 20.8 Å². The van der Waals surface area contributed by atoms with Gasteiger partial charge in [0.1, 0.15) is 22.8 Å². The van der Waals surface area contributed by atoms with Crippen LogP contribution in [0.5, 0.6) is 11.5 Å². The SMILES string of the molecule is CCCn1c(CCC(=O)NCCc2cc(OC)ccc2OC)nc2cccnc21. The Balaban J connectivity index is 1.56. The second-order valence-electron chi connectivity index (χ2n) is 6.80. The molecule has 0 saturated carbocycles. The Morgan fingerprint density at radius 1 is 1.17 bits per heavy atom. The number of fused-ring (bicyclic) bond motifs is 1. The molecule has 0 aliphatic carbocycles. The highest BCUT2D eigenvalue weighted by molar-refractivity contribution is 5.76. The number of ether oxygens (including phenoxy) is 2. The van der Waals surface area contributed by atoms with Crippen molar-refractivity contribution in [3.63, 3.8) is 0 Å². The molecule has 0 unspecified atom stereocenters. The van der Waals surface area contributed by atoms with Crippen molar-refractivity contribution in [2.45, 2.75) is 39.2 Å². The Morgan fingerprint density at radius 2 is 2.03 bits per heavy atom. The summed E-state index contributed by atoms with van der Waals surface area (Å²) in [6.45, 7) is 3.51. The van der Waals surface area contributed by atoms with Crippen molar-refractivity contribution in [1.82, 2.24) is 19.9 Å². The van der Waals surface area contributed by atoms with Crippen LogP contribution in [0.1, 0.15) is 31.2 Å². The first-order valence-corrected chi connectivity index (χ1v) is 9.94. The van der Waals surface area contributed by atoms with Crippen molar-refractivity contribution in [3.05, 3.63) is 47.9 Å². The summed E-state index contributed by atoms with van der Waals surface area (Å²) in [7, 11) is 3.27. The van der Waals surface area contributed by atoms with Crippen molar-refractivity contribution in [1.29, 1.82) is 0 Å². The minimum absolute atomic E-state index is 0.00919. The number of pyridine rings is 1. The van der Waals surface area contributed by atoms with Crippen LogP contribution >= 0.6 is 0 Å². The number of nitrogens with one attached hydrogen (secondary N) is 1. The quantitative estimate of drug-likeness (QED) is 0.570. The topological polar surface area (TPSA) is 78.3 Å². The van der Waals surface area contributed by atoms with Gasteiger partial charge >= 0.3 is 0 Å². The molecule has 3 rings (SSSR count). The largest absolute Gasteiger partial charge is 0.497 e. The summed E-state index contributed by atoms with van der Waals surface area (Å²) in [6, 6.07) is 9.51. The van der Waals surface area contributed by atoms with E-state index in [2.05, 4.69) is 26.8 Å². The maximum absolute atomic E-state index is 12.3. The predicted molar refractivity (Wildman–Crippen MR) is 112 cm³/mol. The summed E-state index contributed by atoms with van der Waals surface area (Å²) in [5, 5.41) is 2.99. The van der Waals surface area contributed by atoms with E-state index < -0.39 is 0 Å². The highest BCUT2D eigenvalue weighted by Gasteiger charge is 2.13. The lowest BCUT2D eigenvalue weighted by molar-refractivity contribution is -0.121. The van der Waals surface area contributed by atoms with Gasteiger partial charge in [-0.1, -0.05) is 6.92 Å². The molecule has 0 spiro atoms. The lowest BCUT2D eigenvalue weighted by atomic mass is 10.1. The number of carbonyl (C=O) groups is 1. The Kier molecular flexibility index (Phi) is 7.05. The van der Waals surface area contributed by atoms with Gasteiger partial charge in [0.05, 0.1) is 14.2 Å². The van der Waals surface area contributed by atoms with Gasteiger partial charge in [-0.25, -0.2) is 9.97 Å². The molecule has 1 N–H and O–H groups in total. The van der Waals surface area contributed by atoms with Crippen LogP contribution < -0.4 is 14.8 Å². The average Bonchev–Trinajstić information content (AvgIpc) is 3.10. The van der Waals surface area contributed by atoms with Crippen molar-refractivity contribution < 1.29 is 14.3 Å². The van der Waals surface area contributed by atoms with Gasteiger partial charge in [-0.3, -0.25) is 4.79 Å². The minimum atomic E-state index is 0.00919. The Bertz CT molecular complexity index is 968. The van der Waals surface area contributed by atoms with E-state index in [0.29, 0.717) is 25.8 Å². The summed E-state index contributed by atoms with van der Waals surface area (Å²) < 4.78 is 12.8. The predicted octanol–water partition coefficient (Wildman–Crippen LogP) is 3.15. The van der Waals surface area contributed by atoms with Gasteiger partial charge in [0.15, 0.2) is 5.65 Å². The molecule has 0 bridgehead atoms. The molecular weight excluding hydrogens is 368 g/mol. The smallest absolute Gasteiger partial charge is 0.220 e. The van der Waals surface area contributed by atoms with Crippen molar-refractivity contribution in [2.24, 2.45) is 0 Å². The van der Waals surface area contributed by atoms with E-state index in [9.17, 15) is 4.79 Å². The van der Waals surface area contributed by atoms with E-state index in [4.69, 9.17) is 9.47 Å². The zero-order chi connectivity index (χ0) is 20.6. The van der Waals surface area contributed by atoms with E-state index in [1.54, 1.807) is 20.4 Å². The molecule has 0 radical (unpaired) electrons. The lowest BCUT2D eigenvalue weighted by Gasteiger charge is -2.11. The first-order valence-electron chi connectivity index (χ1n) is 9.94. The van der Waals surface area contributed by atoms with Crippen LogP contribution in [-0.4, -0.2) is 41.2 Å². The molecule has 1 amide bonds. The number of aromatic nitrogens is 3. The van der Waals surface area contributed by atoms with E-state index in [0.717, 1.165) is 47.0 Å². The third-order valence-corrected chi connectivity index (χ3v) is 4.81. The number of rotatable bonds is 10. The number of amides is 1. The molecule has 0 aliphatic heterocycles. The van der Waals surface area contributed by atoms with E-state index in [1.807, 2.05) is 30.3 Å². The van der Waals surface area contributed by atoms with Crippen LogP contribution in [0.4, 0.5) is 0 Å². The summed E-state index contributed by atoms with van der Waals surface area (Å²) >= 11 is 0. The molecule has 0 aliphatic rings. The third-order valence-electron chi connectivity index (χ3n) is 4.81. The number of methoxy groups -OCH3 is 2. The van der Waals surface area contributed by atoms with Crippen molar-refractivity contribution >= 4 is 17.1 Å². The van der Waals surface area contributed by atoms with Crippen LogP contribution in [0, 0.1) is 0 Å². The monoisotopic (exact) mass is 396 g/mol. The van der Waals surface area contributed by atoms with Crippen LogP contribution in [0.15, 0.2) is 36.5 Å². The molecule has 7 heteroatoms. The maximum atomic E-state index is 12.3. The fourth-order valence-electron chi connectivity index (χ4n) is 3.38. The van der Waals surface area contributed by atoms with Crippen molar-refractivity contribution in [3.8, 4) is 11.5 Å². The highest BCUT2D eigenvalue weighted by Crippen LogP contribution is 2.24. The average molecular weight is 396 g/mol. The first-order chi connectivity index (χ1) is 14.2. The molecule has 0 saturated heterocycles. The standard InChI is InChI=1S/C22H28N4O3/c1-4-14-26-20(25-18-6-5-12-24-22(18)26)9-10-21(27)23-13-11-16-15-17(28-2)7-8-19(16)29-3/h5-8,12,15H,4,9-11,13-14H2,1-3H3,(H,23,27). The van der Waals surface area contributed by atoms with Gasteiger partial charge in [0, 0.05) is 32.1 Å². The van der Waals surface area contributed by atoms with Gasteiger partial charge in [0.25, 0.3) is 0 Å². The number of hydrogen-bond acceptors (Lipinski definition) is 5. The van der Waals surface area contributed by atoms with E-state index >= 15 is 0 Å². The van der Waals surface area contributed by atoms with E-state index in [1.165, 1.54) is 0 Å². The molecular formula is C22H28N4O3. The number of nitrogens with zero attached hydrogens (tertiary/aromatic N) is 3. The molecule has 29 heavy (non-hydrogen) atoms. The highest BCUT2D eigenvalue weighted by atomic mass is 16.5. The Morgan fingerprint density at radius 3 is 2.79 bits per heavy atom. The summed E-state index contributed by atoms with van der Waals surface area (Å²) in [5.74, 6) is 2.48. The fourth-order valence-corrected chi connectivity index (χ4v) is 3.38. The third kappa shape index (κ3) is 5.04. The van der Waals surface area contributed by atoms with E-state index in [-0.39, 0.29) is 5.91 Å². The first kappa shape index (κ1) is 20.6. The molecule has 7 nitrogen and oxygen atoms in total. The zero-order valence-corrected chi connectivity index (χ0v) is 17.3. The second kappa shape index (κ2) is 9.91. The number of imidazole rings is 1. The molecule has 3 aromatic rings. The number of carbonyl (C=O) groups excluding carboxylic acids is 1. The number of benzene rings is 1. The molecule has 2 aromatic heterocycles. The van der Waals surface area contributed by atoms with Gasteiger partial charge in [-0.2, -0.15) is 0 Å². The zero-order valence-electron chi connectivity index (χ0n) is 17.3. The molecule has 2 heterocycles. The number of hydrogen-bond donors (Lipinski definition) is 1. The Hall–Kier alpha value is -3.09.